The van der Waals surface area contributed by atoms with Crippen LogP contribution in [0.5, 0.6) is 0 Å². The lowest BCUT2D eigenvalue weighted by molar-refractivity contribution is 0.145. The molecular formula is C11H20N2O4. The van der Waals surface area contributed by atoms with Gasteiger partial charge in [-0.15, -0.1) is 0 Å². The van der Waals surface area contributed by atoms with Gasteiger partial charge < -0.3 is 9.47 Å². The van der Waals surface area contributed by atoms with Gasteiger partial charge in [0.15, 0.2) is 0 Å². The van der Waals surface area contributed by atoms with Gasteiger partial charge in [-0.1, -0.05) is 43.3 Å². The van der Waals surface area contributed by atoms with Crippen molar-refractivity contribution in [1.82, 2.24) is 0 Å². The molecule has 0 aromatic heterocycles. The minimum Gasteiger partial charge on any atom is -0.447 e. The van der Waals surface area contributed by atoms with Crippen LogP contribution in [0.15, 0.2) is 10.2 Å². The highest BCUT2D eigenvalue weighted by Crippen LogP contribution is 1.99. The van der Waals surface area contributed by atoms with Crippen LogP contribution in [0.1, 0.15) is 46.0 Å². The average molecular weight is 244 g/mol. The van der Waals surface area contributed by atoms with Gasteiger partial charge in [-0.3, -0.25) is 0 Å². The van der Waals surface area contributed by atoms with E-state index in [-0.39, 0.29) is 6.61 Å². The molecule has 0 N–H and O–H groups in total. The monoisotopic (exact) mass is 244 g/mol. The molecule has 0 heterocycles. The Morgan fingerprint density at radius 1 is 0.824 bits per heavy atom. The maximum atomic E-state index is 11.0. The zero-order valence-electron chi connectivity index (χ0n) is 10.5. The van der Waals surface area contributed by atoms with Crippen LogP contribution in [-0.4, -0.2) is 25.4 Å². The second-order valence-corrected chi connectivity index (χ2v) is 3.49. The molecule has 0 saturated heterocycles. The third kappa shape index (κ3) is 10.8. The van der Waals surface area contributed by atoms with Crippen molar-refractivity contribution >= 4 is 12.2 Å². The molecule has 0 aromatic carbocycles. The Hall–Kier alpha value is -1.46. The Kier molecular flexibility index (Phi) is 10.1. The van der Waals surface area contributed by atoms with Crippen molar-refractivity contribution in [3.8, 4) is 0 Å². The molecule has 0 bridgehead atoms. The molecule has 0 aliphatic rings. The van der Waals surface area contributed by atoms with Crippen LogP contribution in [0.2, 0.25) is 0 Å². The molecular weight excluding hydrogens is 224 g/mol. The van der Waals surface area contributed by atoms with Gasteiger partial charge in [0.1, 0.15) is 0 Å². The Morgan fingerprint density at radius 3 is 1.94 bits per heavy atom. The predicted octanol–water partition coefficient (Wildman–Crippen LogP) is 3.70. The van der Waals surface area contributed by atoms with E-state index in [4.69, 9.17) is 4.74 Å². The molecule has 0 aliphatic carbocycles. The van der Waals surface area contributed by atoms with Gasteiger partial charge in [0.2, 0.25) is 0 Å². The summed E-state index contributed by atoms with van der Waals surface area (Å²) < 4.78 is 9.33. The number of azo groups is 1. The number of hydrogen-bond acceptors (Lipinski definition) is 4. The number of rotatable bonds is 7. The van der Waals surface area contributed by atoms with Gasteiger partial charge in [0, 0.05) is 0 Å². The zero-order valence-corrected chi connectivity index (χ0v) is 10.5. The van der Waals surface area contributed by atoms with Crippen LogP contribution in [0.4, 0.5) is 9.59 Å². The summed E-state index contributed by atoms with van der Waals surface area (Å²) in [5.74, 6) is 0. The summed E-state index contributed by atoms with van der Waals surface area (Å²) in [6.45, 7) is 4.53. The van der Waals surface area contributed by atoms with Crippen molar-refractivity contribution < 1.29 is 19.1 Å². The minimum absolute atomic E-state index is 0.268. The normalized spacial score (nSPS) is 10.5. The predicted molar refractivity (Wildman–Crippen MR) is 62.0 cm³/mol. The average Bonchev–Trinajstić information content (AvgIpc) is 2.33. The fourth-order valence-electron chi connectivity index (χ4n) is 1.02. The van der Waals surface area contributed by atoms with Gasteiger partial charge in [-0.25, -0.2) is 9.59 Å². The highest BCUT2D eigenvalue weighted by Gasteiger charge is 2.02. The molecule has 0 fully saturated rings. The molecule has 0 rings (SSSR count). The van der Waals surface area contributed by atoms with Crippen molar-refractivity contribution in [2.24, 2.45) is 10.2 Å². The van der Waals surface area contributed by atoms with E-state index in [1.165, 1.54) is 0 Å². The summed E-state index contributed by atoms with van der Waals surface area (Å²) in [6, 6.07) is 0. The van der Waals surface area contributed by atoms with Crippen LogP contribution in [0.25, 0.3) is 0 Å². The van der Waals surface area contributed by atoms with E-state index in [1.807, 2.05) is 6.92 Å². The fourth-order valence-corrected chi connectivity index (χ4v) is 1.02. The van der Waals surface area contributed by atoms with E-state index in [0.717, 1.165) is 25.7 Å². The lowest BCUT2D eigenvalue weighted by Crippen LogP contribution is -2.03. The largest absolute Gasteiger partial charge is 0.452 e. The first-order valence-electron chi connectivity index (χ1n) is 5.96. The van der Waals surface area contributed by atoms with Crippen molar-refractivity contribution in [2.45, 2.75) is 46.0 Å². The van der Waals surface area contributed by atoms with E-state index in [1.54, 1.807) is 0 Å². The number of unbranched alkanes of at least 4 members (excludes halogenated alkanes) is 3. The number of nitrogens with zero attached hydrogens (tertiary/aromatic N) is 2. The standard InChI is InChI=1S/C11H20N2O4/c1-3-5-6-7-9-17-11(15)13-12-10(14)16-8-4-2/h3-9H2,1-2H3/b13-12+. The maximum Gasteiger partial charge on any atom is 0.452 e. The molecule has 6 heteroatoms. The highest BCUT2D eigenvalue weighted by atomic mass is 16.6. The second kappa shape index (κ2) is 11.0. The zero-order chi connectivity index (χ0) is 12.9. The molecule has 0 saturated carbocycles. The van der Waals surface area contributed by atoms with Gasteiger partial charge in [-0.2, -0.15) is 0 Å². The van der Waals surface area contributed by atoms with Gasteiger partial charge in [-0.05, 0) is 12.8 Å². The number of ether oxygens (including phenoxy) is 2. The van der Waals surface area contributed by atoms with E-state index < -0.39 is 12.2 Å². The first kappa shape index (κ1) is 15.5. The van der Waals surface area contributed by atoms with Crippen LogP contribution in [-0.2, 0) is 9.47 Å². The number of amides is 2. The quantitative estimate of drug-likeness (QED) is 0.505. The molecule has 0 atom stereocenters. The Balaban J connectivity index is 3.56. The molecule has 0 aliphatic heterocycles. The molecule has 0 unspecified atom stereocenters. The third-order valence-corrected chi connectivity index (χ3v) is 1.87. The first-order valence-corrected chi connectivity index (χ1v) is 5.96. The molecule has 98 valence electrons. The van der Waals surface area contributed by atoms with E-state index >= 15 is 0 Å². The van der Waals surface area contributed by atoms with Gasteiger partial charge in [0.25, 0.3) is 0 Å². The minimum atomic E-state index is -0.866. The number of carbonyl (C=O) groups excluding carboxylic acids is 2. The Labute approximate surface area is 101 Å². The van der Waals surface area contributed by atoms with Gasteiger partial charge >= 0.3 is 12.2 Å². The Bertz CT molecular complexity index is 254. The summed E-state index contributed by atoms with van der Waals surface area (Å²) in [7, 11) is 0. The Morgan fingerprint density at radius 2 is 1.41 bits per heavy atom. The summed E-state index contributed by atoms with van der Waals surface area (Å²) >= 11 is 0. The molecule has 6 nitrogen and oxygen atoms in total. The second-order valence-electron chi connectivity index (χ2n) is 3.49. The van der Waals surface area contributed by atoms with Crippen LogP contribution >= 0.6 is 0 Å². The maximum absolute atomic E-state index is 11.0. The van der Waals surface area contributed by atoms with Crippen LogP contribution < -0.4 is 0 Å². The smallest absolute Gasteiger partial charge is 0.447 e. The molecule has 2 amide bonds. The number of hydrogen-bond donors (Lipinski definition) is 0. The SMILES string of the molecule is CCCCCCOC(=O)/N=N/C(=O)OCCC. The summed E-state index contributed by atoms with van der Waals surface area (Å²) in [6.07, 6.45) is 3.03. The van der Waals surface area contributed by atoms with Crippen LogP contribution in [0.3, 0.4) is 0 Å². The van der Waals surface area contributed by atoms with Crippen molar-refractivity contribution in [2.75, 3.05) is 13.2 Å². The summed E-state index contributed by atoms with van der Waals surface area (Å²) in [4.78, 5) is 21.8. The lowest BCUT2D eigenvalue weighted by atomic mass is 10.2. The molecule has 0 radical (unpaired) electrons. The van der Waals surface area contributed by atoms with Crippen molar-refractivity contribution in [1.29, 1.82) is 0 Å². The van der Waals surface area contributed by atoms with Crippen LogP contribution in [0, 0.1) is 0 Å². The first-order chi connectivity index (χ1) is 8.20. The molecule has 0 spiro atoms. The van der Waals surface area contributed by atoms with E-state index in [2.05, 4.69) is 21.9 Å². The van der Waals surface area contributed by atoms with Crippen molar-refractivity contribution in [3.63, 3.8) is 0 Å². The summed E-state index contributed by atoms with van der Waals surface area (Å²) in [5.41, 5.74) is 0. The summed E-state index contributed by atoms with van der Waals surface area (Å²) in [5, 5.41) is 6.15. The molecule has 0 aromatic rings. The third-order valence-electron chi connectivity index (χ3n) is 1.87. The van der Waals surface area contributed by atoms with Gasteiger partial charge in [0.05, 0.1) is 13.2 Å². The van der Waals surface area contributed by atoms with Crippen molar-refractivity contribution in [3.05, 3.63) is 0 Å². The highest BCUT2D eigenvalue weighted by molar-refractivity contribution is 5.73. The van der Waals surface area contributed by atoms with E-state index in [9.17, 15) is 9.59 Å². The topological polar surface area (TPSA) is 77.3 Å². The van der Waals surface area contributed by atoms with E-state index in [0.29, 0.717) is 13.0 Å². The number of carbonyl (C=O) groups is 2. The molecule has 17 heavy (non-hydrogen) atoms. The lowest BCUT2D eigenvalue weighted by Gasteiger charge is -1.99. The fraction of sp³-hybridized carbons (Fsp3) is 0.818.